The largest absolute Gasteiger partial charge is 0.291 e. The van der Waals surface area contributed by atoms with Crippen LogP contribution >= 0.6 is 23.2 Å². The summed E-state index contributed by atoms with van der Waals surface area (Å²) >= 11 is 11.6. The first-order valence-electron chi connectivity index (χ1n) is 5.37. The molecule has 19 heavy (non-hydrogen) atoms. The van der Waals surface area contributed by atoms with Crippen LogP contribution in [-0.2, 0) is 0 Å². The number of aromatic nitrogens is 2. The lowest BCUT2D eigenvalue weighted by molar-refractivity contribution is 0.0950. The van der Waals surface area contributed by atoms with Gasteiger partial charge in [0.1, 0.15) is 0 Å². The van der Waals surface area contributed by atoms with Crippen LogP contribution in [0.1, 0.15) is 21.7 Å². The fraction of sp³-hybridized carbons (Fsp3) is 0.0833. The first-order valence-corrected chi connectivity index (χ1v) is 6.12. The van der Waals surface area contributed by atoms with Crippen LogP contribution in [0.4, 0.5) is 0 Å². The van der Waals surface area contributed by atoms with Gasteiger partial charge in [-0.25, -0.2) is 5.43 Å². The Morgan fingerprint density at radius 2 is 2.16 bits per heavy atom. The number of carbonyl (C=O) groups excluding carboxylic acids is 1. The molecule has 98 valence electrons. The third kappa shape index (κ3) is 3.56. The van der Waals surface area contributed by atoms with Crippen LogP contribution in [0.5, 0.6) is 0 Å². The van der Waals surface area contributed by atoms with E-state index >= 15 is 0 Å². The van der Waals surface area contributed by atoms with Crippen molar-refractivity contribution in [1.82, 2.24) is 15.6 Å². The number of hydrogen-bond acceptors (Lipinski definition) is 3. The zero-order chi connectivity index (χ0) is 13.8. The van der Waals surface area contributed by atoms with Gasteiger partial charge in [0, 0.05) is 5.69 Å². The molecule has 0 fully saturated rings. The van der Waals surface area contributed by atoms with Crippen LogP contribution in [0.25, 0.3) is 0 Å². The lowest BCUT2D eigenvalue weighted by Gasteiger charge is -1.97. The van der Waals surface area contributed by atoms with Crippen molar-refractivity contribution >= 4 is 35.3 Å². The Hall–Kier alpha value is -1.85. The van der Waals surface area contributed by atoms with Crippen molar-refractivity contribution in [2.24, 2.45) is 5.10 Å². The maximum atomic E-state index is 11.6. The van der Waals surface area contributed by atoms with E-state index in [2.05, 4.69) is 20.7 Å². The number of amides is 1. The van der Waals surface area contributed by atoms with E-state index in [-0.39, 0.29) is 11.6 Å². The third-order valence-electron chi connectivity index (χ3n) is 2.26. The van der Waals surface area contributed by atoms with E-state index in [1.165, 1.54) is 6.21 Å². The van der Waals surface area contributed by atoms with Gasteiger partial charge in [-0.3, -0.25) is 9.89 Å². The molecule has 0 aliphatic heterocycles. The average molecular weight is 297 g/mol. The van der Waals surface area contributed by atoms with E-state index in [0.29, 0.717) is 10.0 Å². The molecule has 2 aromatic rings. The number of nitrogens with one attached hydrogen (secondary N) is 2. The molecule has 0 unspecified atom stereocenters. The van der Waals surface area contributed by atoms with Crippen LogP contribution < -0.4 is 5.43 Å². The van der Waals surface area contributed by atoms with Crippen molar-refractivity contribution in [3.63, 3.8) is 0 Å². The Kier molecular flexibility index (Phi) is 4.19. The van der Waals surface area contributed by atoms with Gasteiger partial charge in [-0.2, -0.15) is 10.2 Å². The zero-order valence-corrected chi connectivity index (χ0v) is 11.5. The summed E-state index contributed by atoms with van der Waals surface area (Å²) in [5, 5.41) is 11.2. The summed E-state index contributed by atoms with van der Waals surface area (Å²) in [6.45, 7) is 1.81. The Balaban J connectivity index is 2.00. The van der Waals surface area contributed by atoms with Crippen LogP contribution in [0.3, 0.4) is 0 Å². The van der Waals surface area contributed by atoms with Crippen LogP contribution in [0.2, 0.25) is 10.0 Å². The van der Waals surface area contributed by atoms with Gasteiger partial charge in [0.25, 0.3) is 5.91 Å². The zero-order valence-electron chi connectivity index (χ0n) is 9.95. The molecule has 2 rings (SSSR count). The number of hydrogen-bond donors (Lipinski definition) is 2. The van der Waals surface area contributed by atoms with Crippen molar-refractivity contribution < 1.29 is 4.79 Å². The van der Waals surface area contributed by atoms with Gasteiger partial charge in [0.2, 0.25) is 0 Å². The number of rotatable bonds is 3. The Morgan fingerprint density at radius 3 is 2.79 bits per heavy atom. The molecule has 1 heterocycles. The second-order valence-electron chi connectivity index (χ2n) is 3.81. The standard InChI is InChI=1S/C12H10Cl2N4O/c1-7-4-11(17-16-7)12(19)18-15-6-8-2-3-9(13)10(14)5-8/h2-6H,1H3,(H,16,17)(H,18,19)/b15-6+. The second kappa shape index (κ2) is 5.86. The van der Waals surface area contributed by atoms with E-state index < -0.39 is 0 Å². The number of aromatic amines is 1. The number of nitrogens with zero attached hydrogens (tertiary/aromatic N) is 2. The molecule has 1 aromatic carbocycles. The molecule has 0 atom stereocenters. The maximum Gasteiger partial charge on any atom is 0.291 e. The molecule has 5 nitrogen and oxygen atoms in total. The van der Waals surface area contributed by atoms with E-state index in [1.807, 2.05) is 6.92 Å². The molecule has 0 bridgehead atoms. The van der Waals surface area contributed by atoms with Gasteiger partial charge in [0.05, 0.1) is 16.3 Å². The predicted octanol–water partition coefficient (Wildman–Crippen LogP) is 2.79. The van der Waals surface area contributed by atoms with Crippen molar-refractivity contribution in [2.45, 2.75) is 6.92 Å². The van der Waals surface area contributed by atoms with E-state index in [1.54, 1.807) is 24.3 Å². The van der Waals surface area contributed by atoms with Crippen molar-refractivity contribution in [3.05, 3.63) is 51.3 Å². The highest BCUT2D eigenvalue weighted by Gasteiger charge is 2.07. The first kappa shape index (κ1) is 13.6. The minimum atomic E-state index is -0.388. The highest BCUT2D eigenvalue weighted by atomic mass is 35.5. The summed E-state index contributed by atoms with van der Waals surface area (Å²) in [5.74, 6) is -0.388. The van der Waals surface area contributed by atoms with E-state index in [0.717, 1.165) is 11.3 Å². The Morgan fingerprint density at radius 1 is 1.37 bits per heavy atom. The number of aryl methyl sites for hydroxylation is 1. The average Bonchev–Trinajstić information content (AvgIpc) is 2.80. The summed E-state index contributed by atoms with van der Waals surface area (Å²) in [6, 6.07) is 6.68. The lowest BCUT2D eigenvalue weighted by atomic mass is 10.2. The number of hydrazone groups is 1. The van der Waals surface area contributed by atoms with E-state index in [9.17, 15) is 4.79 Å². The molecular formula is C12H10Cl2N4O. The molecule has 1 aromatic heterocycles. The van der Waals surface area contributed by atoms with E-state index in [4.69, 9.17) is 23.2 Å². The molecule has 0 saturated heterocycles. The lowest BCUT2D eigenvalue weighted by Crippen LogP contribution is -2.18. The fourth-order valence-electron chi connectivity index (χ4n) is 1.35. The minimum Gasteiger partial charge on any atom is -0.282 e. The van der Waals surface area contributed by atoms with Gasteiger partial charge in [-0.1, -0.05) is 29.3 Å². The number of benzene rings is 1. The summed E-state index contributed by atoms with van der Waals surface area (Å²) in [5.41, 5.74) is 4.18. The van der Waals surface area contributed by atoms with Crippen molar-refractivity contribution in [3.8, 4) is 0 Å². The number of H-pyrrole nitrogens is 1. The SMILES string of the molecule is Cc1cc(C(=O)N/N=C/c2ccc(Cl)c(Cl)c2)n[nH]1. The van der Waals surface area contributed by atoms with Crippen LogP contribution in [0, 0.1) is 6.92 Å². The molecule has 1 amide bonds. The molecule has 2 N–H and O–H groups in total. The maximum absolute atomic E-state index is 11.6. The molecule has 7 heteroatoms. The highest BCUT2D eigenvalue weighted by Crippen LogP contribution is 2.21. The summed E-state index contributed by atoms with van der Waals surface area (Å²) < 4.78 is 0. The highest BCUT2D eigenvalue weighted by molar-refractivity contribution is 6.42. The van der Waals surface area contributed by atoms with Gasteiger partial charge in [0.15, 0.2) is 5.69 Å². The van der Waals surface area contributed by atoms with Gasteiger partial charge >= 0.3 is 0 Å². The van der Waals surface area contributed by atoms with Crippen molar-refractivity contribution in [2.75, 3.05) is 0 Å². The summed E-state index contributed by atoms with van der Waals surface area (Å²) in [4.78, 5) is 11.6. The Bertz CT molecular complexity index is 636. The molecule has 0 aliphatic carbocycles. The molecule has 0 aliphatic rings. The molecule has 0 saturated carbocycles. The predicted molar refractivity (Wildman–Crippen MR) is 74.8 cm³/mol. The monoisotopic (exact) mass is 296 g/mol. The van der Waals surface area contributed by atoms with Crippen LogP contribution in [-0.4, -0.2) is 22.3 Å². The normalized spacial score (nSPS) is 10.9. The summed E-state index contributed by atoms with van der Waals surface area (Å²) in [6.07, 6.45) is 1.47. The topological polar surface area (TPSA) is 70.1 Å². The van der Waals surface area contributed by atoms with Crippen molar-refractivity contribution in [1.29, 1.82) is 0 Å². The molecule has 0 spiro atoms. The third-order valence-corrected chi connectivity index (χ3v) is 3.00. The smallest absolute Gasteiger partial charge is 0.282 e. The number of halogens is 2. The quantitative estimate of drug-likeness (QED) is 0.675. The van der Waals surface area contributed by atoms with Crippen LogP contribution in [0.15, 0.2) is 29.4 Å². The van der Waals surface area contributed by atoms with Gasteiger partial charge in [-0.05, 0) is 30.7 Å². The number of carbonyl (C=O) groups is 1. The first-order chi connectivity index (χ1) is 9.06. The summed E-state index contributed by atoms with van der Waals surface area (Å²) in [7, 11) is 0. The molecular weight excluding hydrogens is 287 g/mol. The second-order valence-corrected chi connectivity index (χ2v) is 4.62. The minimum absolute atomic E-state index is 0.281. The molecule has 0 radical (unpaired) electrons. The van der Waals surface area contributed by atoms with Gasteiger partial charge in [-0.15, -0.1) is 0 Å². The van der Waals surface area contributed by atoms with Gasteiger partial charge < -0.3 is 0 Å². The Labute approximate surface area is 119 Å². The fourth-order valence-corrected chi connectivity index (χ4v) is 1.66.